The van der Waals surface area contributed by atoms with Gasteiger partial charge in [-0.15, -0.1) is 0 Å². The molecule has 3 aromatic rings. The van der Waals surface area contributed by atoms with Crippen LogP contribution >= 0.6 is 0 Å². The molecule has 0 bridgehead atoms. The zero-order chi connectivity index (χ0) is 21.7. The Bertz CT molecular complexity index is 1110. The van der Waals surface area contributed by atoms with E-state index < -0.39 is 0 Å². The van der Waals surface area contributed by atoms with E-state index in [9.17, 15) is 0 Å². The summed E-state index contributed by atoms with van der Waals surface area (Å²) in [5.41, 5.74) is 11.8. The van der Waals surface area contributed by atoms with Gasteiger partial charge in [-0.2, -0.15) is 5.10 Å². The van der Waals surface area contributed by atoms with Crippen LogP contribution in [-0.2, 0) is 18.3 Å². The summed E-state index contributed by atoms with van der Waals surface area (Å²) in [4.78, 5) is 14.5. The van der Waals surface area contributed by atoms with Crippen LogP contribution in [0.25, 0.3) is 11.0 Å². The third-order valence-corrected chi connectivity index (χ3v) is 6.71. The maximum absolute atomic E-state index is 6.20. The van der Waals surface area contributed by atoms with E-state index in [1.807, 2.05) is 24.9 Å². The summed E-state index contributed by atoms with van der Waals surface area (Å²) in [6.45, 7) is 7.78. The Morgan fingerprint density at radius 3 is 2.81 bits per heavy atom. The molecule has 0 amide bonds. The highest BCUT2D eigenvalue weighted by molar-refractivity contribution is 5.89. The van der Waals surface area contributed by atoms with Crippen LogP contribution in [-0.4, -0.2) is 58.6 Å². The van der Waals surface area contributed by atoms with Gasteiger partial charge in [-0.1, -0.05) is 13.0 Å². The van der Waals surface area contributed by atoms with Gasteiger partial charge >= 0.3 is 0 Å². The Balaban J connectivity index is 1.44. The highest BCUT2D eigenvalue weighted by atomic mass is 16.5. The van der Waals surface area contributed by atoms with E-state index in [2.05, 4.69) is 45.0 Å². The quantitative estimate of drug-likeness (QED) is 0.695. The molecule has 0 aromatic carbocycles. The van der Waals surface area contributed by atoms with E-state index in [1.165, 1.54) is 16.9 Å². The smallest absolute Gasteiger partial charge is 0.159 e. The third-order valence-electron chi connectivity index (χ3n) is 6.71. The van der Waals surface area contributed by atoms with Gasteiger partial charge in [0, 0.05) is 58.0 Å². The zero-order valence-corrected chi connectivity index (χ0v) is 18.7. The molecule has 5 heterocycles. The van der Waals surface area contributed by atoms with E-state index >= 15 is 0 Å². The topological polar surface area (TPSA) is 85.3 Å². The van der Waals surface area contributed by atoms with Crippen LogP contribution in [0.4, 0.5) is 11.5 Å². The highest BCUT2D eigenvalue weighted by Gasteiger charge is 2.30. The van der Waals surface area contributed by atoms with Crippen LogP contribution in [0.5, 0.6) is 0 Å². The Morgan fingerprint density at radius 2 is 2.00 bits per heavy atom. The van der Waals surface area contributed by atoms with E-state index in [0.29, 0.717) is 5.92 Å². The summed E-state index contributed by atoms with van der Waals surface area (Å²) in [5, 5.41) is 5.53. The van der Waals surface area contributed by atoms with Gasteiger partial charge < -0.3 is 20.3 Å². The van der Waals surface area contributed by atoms with Crippen molar-refractivity contribution in [2.45, 2.75) is 44.9 Å². The fraction of sp³-hybridized carbons (Fsp3) is 0.522. The van der Waals surface area contributed by atoms with Crippen molar-refractivity contribution < 1.29 is 4.74 Å². The molecular weight excluding hydrogens is 390 g/mol. The van der Waals surface area contributed by atoms with Gasteiger partial charge in [0.15, 0.2) is 5.65 Å². The molecule has 0 aliphatic carbocycles. The number of piperidine rings is 1. The minimum Gasteiger partial charge on any atom is -0.378 e. The number of nitrogens with two attached hydrogens (primary N) is 1. The number of aromatic nitrogens is 4. The number of anilines is 2. The summed E-state index contributed by atoms with van der Waals surface area (Å²) < 4.78 is 7.43. The molecule has 2 aliphatic heterocycles. The van der Waals surface area contributed by atoms with Crippen molar-refractivity contribution >= 4 is 22.5 Å². The molecule has 0 radical (unpaired) electrons. The second-order valence-electron chi connectivity index (χ2n) is 8.96. The van der Waals surface area contributed by atoms with E-state index in [-0.39, 0.29) is 12.1 Å². The molecule has 2 N–H and O–H groups in total. The first-order valence-electron chi connectivity index (χ1n) is 11.0. The normalized spacial score (nSPS) is 24.0. The lowest BCUT2D eigenvalue weighted by molar-refractivity contribution is 0.0728. The van der Waals surface area contributed by atoms with Gasteiger partial charge in [0.25, 0.3) is 0 Å². The number of hydrogen-bond donors (Lipinski definition) is 1. The molecule has 8 heteroatoms. The Labute approximate surface area is 183 Å². The summed E-state index contributed by atoms with van der Waals surface area (Å²) in [7, 11) is 3.69. The Kier molecular flexibility index (Phi) is 5.06. The number of ether oxygens (including phenoxy) is 1. The molecular formula is C23H31N7O. The second-order valence-corrected chi connectivity index (χ2v) is 8.96. The highest BCUT2D eigenvalue weighted by Crippen LogP contribution is 2.35. The third kappa shape index (κ3) is 3.53. The summed E-state index contributed by atoms with van der Waals surface area (Å²) in [6.07, 6.45) is 2.89. The van der Waals surface area contributed by atoms with Gasteiger partial charge in [-0.05, 0) is 31.0 Å². The number of rotatable bonds is 3. The van der Waals surface area contributed by atoms with Crippen LogP contribution in [0.2, 0.25) is 0 Å². The first kappa shape index (κ1) is 20.2. The molecule has 3 aromatic heterocycles. The fourth-order valence-electron chi connectivity index (χ4n) is 4.97. The summed E-state index contributed by atoms with van der Waals surface area (Å²) in [6, 6.07) is 6.66. The maximum atomic E-state index is 6.20. The summed E-state index contributed by atoms with van der Waals surface area (Å²) >= 11 is 0. The van der Waals surface area contributed by atoms with Crippen molar-refractivity contribution in [2.24, 2.45) is 12.8 Å². The molecule has 0 spiro atoms. The zero-order valence-electron chi connectivity index (χ0n) is 18.7. The van der Waals surface area contributed by atoms with Gasteiger partial charge in [0.2, 0.25) is 0 Å². The number of pyridine rings is 2. The molecule has 1 fully saturated rings. The van der Waals surface area contributed by atoms with Crippen molar-refractivity contribution in [3.8, 4) is 0 Å². The number of nitrogens with zero attached hydrogens (tertiary/aromatic N) is 6. The molecule has 3 atom stereocenters. The van der Waals surface area contributed by atoms with Crippen molar-refractivity contribution in [1.82, 2.24) is 19.7 Å². The first-order chi connectivity index (χ1) is 14.9. The monoisotopic (exact) mass is 421 g/mol. The predicted molar refractivity (Wildman–Crippen MR) is 123 cm³/mol. The van der Waals surface area contributed by atoms with Gasteiger partial charge in [-0.25, -0.2) is 9.97 Å². The minimum atomic E-state index is 0.0521. The largest absolute Gasteiger partial charge is 0.378 e. The lowest BCUT2D eigenvalue weighted by atomic mass is 9.95. The number of hydrogen-bond acceptors (Lipinski definition) is 7. The van der Waals surface area contributed by atoms with Gasteiger partial charge in [-0.3, -0.25) is 4.68 Å². The molecule has 5 rings (SSSR count). The fourth-order valence-corrected chi connectivity index (χ4v) is 4.97. The van der Waals surface area contributed by atoms with E-state index in [0.717, 1.165) is 55.1 Å². The van der Waals surface area contributed by atoms with Crippen molar-refractivity contribution in [3.05, 3.63) is 41.3 Å². The molecule has 0 saturated carbocycles. The van der Waals surface area contributed by atoms with Crippen molar-refractivity contribution in [1.29, 1.82) is 0 Å². The van der Waals surface area contributed by atoms with Crippen molar-refractivity contribution in [2.75, 3.05) is 36.5 Å². The molecule has 164 valence electrons. The van der Waals surface area contributed by atoms with Crippen LogP contribution in [0.1, 0.15) is 36.2 Å². The molecule has 31 heavy (non-hydrogen) atoms. The maximum Gasteiger partial charge on any atom is 0.159 e. The van der Waals surface area contributed by atoms with Gasteiger partial charge in [0.05, 0.1) is 29.1 Å². The van der Waals surface area contributed by atoms with E-state index in [1.54, 1.807) is 7.11 Å². The molecule has 0 unspecified atom stereocenters. The standard InChI is InChI=1S/C23H31N7O/c1-14-11-30(19-9-15(2)26-23-17(19)10-25-28(23)3)12-16-5-6-21(27-22(14)16)29-8-7-18(24)20(13-29)31-4/h5-6,9-10,14,18,20H,7-8,11-13,24H2,1-4H3/t14-,18-,20-/m0/s1. The Hall–Kier alpha value is -2.71. The average Bonchev–Trinajstić information content (AvgIpc) is 3.14. The molecule has 8 nitrogen and oxygen atoms in total. The average molecular weight is 422 g/mol. The minimum absolute atomic E-state index is 0.0521. The summed E-state index contributed by atoms with van der Waals surface area (Å²) in [5.74, 6) is 1.36. The van der Waals surface area contributed by atoms with Crippen LogP contribution in [0, 0.1) is 6.92 Å². The predicted octanol–water partition coefficient (Wildman–Crippen LogP) is 2.35. The number of aryl methyl sites for hydroxylation is 2. The van der Waals surface area contributed by atoms with Crippen LogP contribution < -0.4 is 15.5 Å². The Morgan fingerprint density at radius 1 is 1.16 bits per heavy atom. The number of fused-ring (bicyclic) bond motifs is 2. The first-order valence-corrected chi connectivity index (χ1v) is 11.0. The molecule has 1 saturated heterocycles. The van der Waals surface area contributed by atoms with Gasteiger partial charge in [0.1, 0.15) is 5.82 Å². The SMILES string of the molecule is CO[C@H]1CN(c2ccc3c(n2)[C@@H](C)CN(c2cc(C)nc4c2cnn4C)C3)CC[C@@H]1N. The lowest BCUT2D eigenvalue weighted by Gasteiger charge is -2.38. The van der Waals surface area contributed by atoms with Crippen LogP contribution in [0.15, 0.2) is 24.4 Å². The molecule has 2 aliphatic rings. The lowest BCUT2D eigenvalue weighted by Crippen LogP contribution is -2.51. The van der Waals surface area contributed by atoms with Crippen molar-refractivity contribution in [3.63, 3.8) is 0 Å². The van der Waals surface area contributed by atoms with E-state index in [4.69, 9.17) is 15.5 Å². The second kappa shape index (κ2) is 7.76. The number of methoxy groups -OCH3 is 1. The van der Waals surface area contributed by atoms with Crippen LogP contribution in [0.3, 0.4) is 0 Å².